The summed E-state index contributed by atoms with van der Waals surface area (Å²) in [6, 6.07) is 14.1. The number of rotatable bonds is 2. The van der Waals surface area contributed by atoms with E-state index in [1.165, 1.54) is 16.6 Å². The molecule has 1 aliphatic rings. The first kappa shape index (κ1) is 17.4. The Labute approximate surface area is 176 Å². The first-order chi connectivity index (χ1) is 14.7. The molecule has 0 saturated heterocycles. The fourth-order valence-corrected chi connectivity index (χ4v) is 5.01. The number of hydrogen-bond acceptors (Lipinski definition) is 5. The highest BCUT2D eigenvalue weighted by Crippen LogP contribution is 2.32. The van der Waals surface area contributed by atoms with E-state index in [-0.39, 0.29) is 5.91 Å². The molecule has 0 bridgehead atoms. The Kier molecular flexibility index (Phi) is 3.79. The summed E-state index contributed by atoms with van der Waals surface area (Å²) in [4.78, 5) is 24.7. The number of benzene rings is 1. The number of fused-ring (bicyclic) bond motifs is 4. The number of aromatic amines is 1. The zero-order chi connectivity index (χ0) is 20.2. The number of aromatic nitrogens is 3. The Morgan fingerprint density at radius 3 is 3.00 bits per heavy atom. The topological polar surface area (TPSA) is 75.0 Å². The minimum atomic E-state index is -0.0116. The molecule has 1 N–H and O–H groups in total. The number of thiophene rings is 1. The minimum Gasteiger partial charge on any atom is -0.358 e. The van der Waals surface area contributed by atoms with Gasteiger partial charge in [0.15, 0.2) is 0 Å². The number of aryl methyl sites for hydroxylation is 1. The van der Waals surface area contributed by atoms with Crippen LogP contribution in [0.4, 0.5) is 0 Å². The third kappa shape index (κ3) is 2.59. The van der Waals surface area contributed by atoms with Crippen molar-refractivity contribution in [1.82, 2.24) is 20.0 Å². The predicted molar refractivity (Wildman–Crippen MR) is 117 cm³/mol. The third-order valence-corrected chi connectivity index (χ3v) is 6.68. The number of H-pyrrole nitrogens is 1. The Hall–Kier alpha value is -3.45. The maximum atomic E-state index is 13.7. The molecular formula is C23H18N4O2S. The van der Waals surface area contributed by atoms with E-state index in [0.717, 1.165) is 22.5 Å². The molecule has 4 aromatic heterocycles. The highest BCUT2D eigenvalue weighted by molar-refractivity contribution is 7.13. The van der Waals surface area contributed by atoms with Gasteiger partial charge in [0.1, 0.15) is 0 Å². The molecular weight excluding hydrogens is 396 g/mol. The summed E-state index contributed by atoms with van der Waals surface area (Å²) in [6.45, 7) is 3.10. The molecule has 6 nitrogen and oxygen atoms in total. The van der Waals surface area contributed by atoms with E-state index in [1.54, 1.807) is 11.3 Å². The number of pyridine rings is 1. The van der Waals surface area contributed by atoms with Crippen LogP contribution in [0.1, 0.15) is 27.3 Å². The molecule has 1 amide bonds. The van der Waals surface area contributed by atoms with Crippen LogP contribution >= 0.6 is 11.3 Å². The van der Waals surface area contributed by atoms with Crippen LogP contribution in [0, 0.1) is 6.92 Å². The van der Waals surface area contributed by atoms with Crippen molar-refractivity contribution in [3.05, 3.63) is 70.4 Å². The Morgan fingerprint density at radius 1 is 1.23 bits per heavy atom. The maximum absolute atomic E-state index is 13.7. The van der Waals surface area contributed by atoms with Crippen molar-refractivity contribution >= 4 is 39.2 Å². The van der Waals surface area contributed by atoms with E-state index >= 15 is 0 Å². The van der Waals surface area contributed by atoms with Gasteiger partial charge in [0.05, 0.1) is 27.2 Å². The molecule has 0 saturated carbocycles. The standard InChI is InChI=1S/C23H18N4O2S/c1-13-21-15(11-19(20-7-4-10-30-20)25-22(21)29-26-13)23(28)27-9-8-18-16(12-27)14-5-2-3-6-17(14)24-18/h2-7,10-11,24H,8-9,12H2,1H3. The number of nitrogens with zero attached hydrogens (tertiary/aromatic N) is 3. The summed E-state index contributed by atoms with van der Waals surface area (Å²) in [7, 11) is 0. The Bertz CT molecular complexity index is 1410. The van der Waals surface area contributed by atoms with Crippen LogP contribution in [-0.4, -0.2) is 32.5 Å². The van der Waals surface area contributed by atoms with Crippen LogP contribution < -0.4 is 0 Å². The number of para-hydroxylation sites is 1. The van der Waals surface area contributed by atoms with E-state index < -0.39 is 0 Å². The van der Waals surface area contributed by atoms with Gasteiger partial charge in [-0.15, -0.1) is 11.3 Å². The van der Waals surface area contributed by atoms with E-state index in [1.807, 2.05) is 47.5 Å². The number of carbonyl (C=O) groups is 1. The summed E-state index contributed by atoms with van der Waals surface area (Å²) in [6.07, 6.45) is 0.810. The van der Waals surface area contributed by atoms with Gasteiger partial charge in [0.2, 0.25) is 0 Å². The van der Waals surface area contributed by atoms with Crippen molar-refractivity contribution in [2.45, 2.75) is 19.9 Å². The van der Waals surface area contributed by atoms with Crippen molar-refractivity contribution in [2.24, 2.45) is 0 Å². The first-order valence-electron chi connectivity index (χ1n) is 9.87. The van der Waals surface area contributed by atoms with Crippen LogP contribution in [0.5, 0.6) is 0 Å². The molecule has 0 spiro atoms. The quantitative estimate of drug-likeness (QED) is 0.444. The molecule has 1 aliphatic heterocycles. The summed E-state index contributed by atoms with van der Waals surface area (Å²) < 4.78 is 5.43. The smallest absolute Gasteiger partial charge is 0.259 e. The molecule has 5 aromatic rings. The second-order valence-corrected chi connectivity index (χ2v) is 8.53. The SMILES string of the molecule is Cc1noc2nc(-c3cccs3)cc(C(=O)N3CCc4[nH]c5ccccc5c4C3)c12. The minimum absolute atomic E-state index is 0.0116. The fourth-order valence-electron chi connectivity index (χ4n) is 4.32. The lowest BCUT2D eigenvalue weighted by molar-refractivity contribution is 0.0737. The molecule has 1 aromatic carbocycles. The normalized spacial score (nSPS) is 13.8. The van der Waals surface area contributed by atoms with E-state index in [4.69, 9.17) is 4.52 Å². The Morgan fingerprint density at radius 2 is 2.13 bits per heavy atom. The molecule has 30 heavy (non-hydrogen) atoms. The van der Waals surface area contributed by atoms with Gasteiger partial charge < -0.3 is 14.4 Å². The third-order valence-electron chi connectivity index (χ3n) is 5.79. The van der Waals surface area contributed by atoms with Gasteiger partial charge in [-0.1, -0.05) is 29.4 Å². The van der Waals surface area contributed by atoms with E-state index in [9.17, 15) is 4.79 Å². The number of nitrogens with one attached hydrogen (secondary N) is 1. The van der Waals surface area contributed by atoms with Gasteiger partial charge in [0, 0.05) is 41.7 Å². The Balaban J connectivity index is 1.45. The fraction of sp³-hybridized carbons (Fsp3) is 0.174. The van der Waals surface area contributed by atoms with Gasteiger partial charge in [-0.2, -0.15) is 0 Å². The van der Waals surface area contributed by atoms with Crippen molar-refractivity contribution < 1.29 is 9.32 Å². The predicted octanol–water partition coefficient (Wildman–Crippen LogP) is 4.94. The summed E-state index contributed by atoms with van der Waals surface area (Å²) in [5, 5.41) is 7.95. The molecule has 0 unspecified atom stereocenters. The average molecular weight is 414 g/mol. The van der Waals surface area contributed by atoms with Crippen molar-refractivity contribution in [2.75, 3.05) is 6.54 Å². The van der Waals surface area contributed by atoms with Gasteiger partial charge in [-0.25, -0.2) is 4.98 Å². The van der Waals surface area contributed by atoms with Crippen LogP contribution in [0.3, 0.4) is 0 Å². The molecule has 0 aliphatic carbocycles. The lowest BCUT2D eigenvalue weighted by atomic mass is 10.0. The molecule has 0 atom stereocenters. The van der Waals surface area contributed by atoms with Crippen molar-refractivity contribution in [3.63, 3.8) is 0 Å². The monoisotopic (exact) mass is 414 g/mol. The van der Waals surface area contributed by atoms with Crippen LogP contribution in [0.15, 0.2) is 52.4 Å². The summed E-state index contributed by atoms with van der Waals surface area (Å²) >= 11 is 1.59. The highest BCUT2D eigenvalue weighted by Gasteiger charge is 2.28. The lowest BCUT2D eigenvalue weighted by Gasteiger charge is -2.27. The van der Waals surface area contributed by atoms with Crippen molar-refractivity contribution in [1.29, 1.82) is 0 Å². The van der Waals surface area contributed by atoms with Gasteiger partial charge in [-0.3, -0.25) is 4.79 Å². The van der Waals surface area contributed by atoms with Gasteiger partial charge >= 0.3 is 0 Å². The molecule has 0 radical (unpaired) electrons. The van der Waals surface area contributed by atoms with E-state index in [0.29, 0.717) is 35.4 Å². The van der Waals surface area contributed by atoms with Crippen LogP contribution in [0.25, 0.3) is 32.6 Å². The van der Waals surface area contributed by atoms with Crippen LogP contribution in [0.2, 0.25) is 0 Å². The first-order valence-corrected chi connectivity index (χ1v) is 10.8. The summed E-state index contributed by atoms with van der Waals surface area (Å²) in [5.41, 5.74) is 5.98. The molecule has 7 heteroatoms. The second-order valence-electron chi connectivity index (χ2n) is 7.58. The van der Waals surface area contributed by atoms with Gasteiger partial charge in [0.25, 0.3) is 11.6 Å². The van der Waals surface area contributed by atoms with Crippen molar-refractivity contribution in [3.8, 4) is 10.6 Å². The van der Waals surface area contributed by atoms with Gasteiger partial charge in [-0.05, 0) is 30.5 Å². The van der Waals surface area contributed by atoms with Crippen LogP contribution in [-0.2, 0) is 13.0 Å². The number of carbonyl (C=O) groups excluding carboxylic acids is 1. The zero-order valence-corrected chi connectivity index (χ0v) is 17.1. The molecule has 148 valence electrons. The average Bonchev–Trinajstić information content (AvgIpc) is 3.51. The maximum Gasteiger partial charge on any atom is 0.259 e. The molecule has 6 rings (SSSR count). The number of hydrogen-bond donors (Lipinski definition) is 1. The van der Waals surface area contributed by atoms with E-state index in [2.05, 4.69) is 27.3 Å². The molecule has 5 heterocycles. The second kappa shape index (κ2) is 6.53. The number of amides is 1. The summed E-state index contributed by atoms with van der Waals surface area (Å²) in [5.74, 6) is -0.0116. The lowest BCUT2D eigenvalue weighted by Crippen LogP contribution is -2.36. The zero-order valence-electron chi connectivity index (χ0n) is 16.3. The highest BCUT2D eigenvalue weighted by atomic mass is 32.1. The largest absolute Gasteiger partial charge is 0.358 e. The molecule has 0 fully saturated rings.